The van der Waals surface area contributed by atoms with Gasteiger partial charge in [0.2, 0.25) is 0 Å². The standard InChI is InChI=1S/C24H29N3O4/c28-20-15-24(14-19-16-25-27(22(19)20)21-8-4-5-13-30-21)9-11-26(12-10-24)23(29)31-17-18-6-2-1-3-7-18/h1-3,6-7,16,21H,4-5,8-15,17H2. The number of piperidine rings is 1. The smallest absolute Gasteiger partial charge is 0.410 e. The van der Waals surface area contributed by atoms with E-state index < -0.39 is 0 Å². The molecule has 1 atom stereocenters. The Bertz CT molecular complexity index is 941. The molecule has 2 saturated heterocycles. The largest absolute Gasteiger partial charge is 0.445 e. The number of ketones is 1. The Morgan fingerprint density at radius 1 is 1.16 bits per heavy atom. The second-order valence-electron chi connectivity index (χ2n) is 9.09. The van der Waals surface area contributed by atoms with Gasteiger partial charge in [0.15, 0.2) is 12.0 Å². The molecule has 31 heavy (non-hydrogen) atoms. The van der Waals surface area contributed by atoms with E-state index in [2.05, 4.69) is 5.10 Å². The first-order chi connectivity index (χ1) is 15.1. The molecule has 164 valence electrons. The lowest BCUT2D eigenvalue weighted by Crippen LogP contribution is -2.46. The first-order valence-corrected chi connectivity index (χ1v) is 11.3. The Balaban J connectivity index is 1.21. The summed E-state index contributed by atoms with van der Waals surface area (Å²) in [7, 11) is 0. The van der Waals surface area contributed by atoms with Crippen molar-refractivity contribution in [2.24, 2.45) is 5.41 Å². The average molecular weight is 424 g/mol. The molecule has 7 nitrogen and oxygen atoms in total. The fourth-order valence-electron chi connectivity index (χ4n) is 5.19. The maximum Gasteiger partial charge on any atom is 0.410 e. The van der Waals surface area contributed by atoms with E-state index in [4.69, 9.17) is 9.47 Å². The Morgan fingerprint density at radius 2 is 1.97 bits per heavy atom. The van der Waals surface area contributed by atoms with E-state index in [0.717, 1.165) is 62.0 Å². The lowest BCUT2D eigenvalue weighted by molar-refractivity contribution is -0.0410. The minimum absolute atomic E-state index is 0.0818. The monoisotopic (exact) mass is 423 g/mol. The van der Waals surface area contributed by atoms with E-state index >= 15 is 0 Å². The highest BCUT2D eigenvalue weighted by Crippen LogP contribution is 2.44. The van der Waals surface area contributed by atoms with Crippen molar-refractivity contribution in [3.05, 3.63) is 53.3 Å². The zero-order valence-electron chi connectivity index (χ0n) is 17.8. The number of amides is 1. The number of carbonyl (C=O) groups is 2. The third-order valence-electron chi connectivity index (χ3n) is 6.95. The molecular formula is C24H29N3O4. The minimum Gasteiger partial charge on any atom is -0.445 e. The van der Waals surface area contributed by atoms with Crippen molar-refractivity contribution < 1.29 is 19.1 Å². The summed E-state index contributed by atoms with van der Waals surface area (Å²) in [6.07, 6.45) is 7.53. The molecule has 3 heterocycles. The Labute approximate surface area is 182 Å². The second-order valence-corrected chi connectivity index (χ2v) is 9.09. The number of aromatic nitrogens is 2. The maximum atomic E-state index is 13.1. The van der Waals surface area contributed by atoms with Gasteiger partial charge in [-0.25, -0.2) is 9.48 Å². The molecule has 1 aromatic carbocycles. The van der Waals surface area contributed by atoms with Crippen molar-refractivity contribution in [1.29, 1.82) is 0 Å². The first kappa shape index (κ1) is 20.2. The fourth-order valence-corrected chi connectivity index (χ4v) is 5.19. The van der Waals surface area contributed by atoms with E-state index in [1.54, 1.807) is 4.90 Å². The summed E-state index contributed by atoms with van der Waals surface area (Å²) in [5.74, 6) is 0.160. The number of Topliss-reactive ketones (excluding diaryl/α,β-unsaturated/α-hetero) is 1. The van der Waals surface area contributed by atoms with Crippen LogP contribution in [0.1, 0.15) is 66.4 Å². The third-order valence-corrected chi connectivity index (χ3v) is 6.95. The zero-order valence-corrected chi connectivity index (χ0v) is 17.8. The summed E-state index contributed by atoms with van der Waals surface area (Å²) >= 11 is 0. The predicted molar refractivity (Wildman–Crippen MR) is 114 cm³/mol. The topological polar surface area (TPSA) is 73.7 Å². The highest BCUT2D eigenvalue weighted by atomic mass is 16.6. The number of hydrogen-bond acceptors (Lipinski definition) is 5. The molecule has 2 aromatic rings. The van der Waals surface area contributed by atoms with Gasteiger partial charge in [-0.3, -0.25) is 4.79 Å². The molecule has 1 amide bonds. The number of nitrogens with zero attached hydrogens (tertiary/aromatic N) is 3. The summed E-state index contributed by atoms with van der Waals surface area (Å²) < 4.78 is 13.2. The van der Waals surface area contributed by atoms with Gasteiger partial charge in [0.25, 0.3) is 0 Å². The van der Waals surface area contributed by atoms with Crippen LogP contribution in [0, 0.1) is 5.41 Å². The van der Waals surface area contributed by atoms with Crippen LogP contribution in [-0.2, 0) is 22.5 Å². The van der Waals surface area contributed by atoms with Gasteiger partial charge < -0.3 is 14.4 Å². The van der Waals surface area contributed by atoms with Crippen LogP contribution in [0.4, 0.5) is 4.79 Å². The lowest BCUT2D eigenvalue weighted by atomic mass is 9.67. The zero-order chi connectivity index (χ0) is 21.3. The van der Waals surface area contributed by atoms with Crippen LogP contribution in [0.2, 0.25) is 0 Å². The van der Waals surface area contributed by atoms with Crippen molar-refractivity contribution in [2.45, 2.75) is 57.8 Å². The summed E-state index contributed by atoms with van der Waals surface area (Å²) in [6, 6.07) is 9.71. The molecule has 0 saturated carbocycles. The summed E-state index contributed by atoms with van der Waals surface area (Å²) in [4.78, 5) is 27.4. The van der Waals surface area contributed by atoms with E-state index in [0.29, 0.717) is 19.5 Å². The molecule has 5 rings (SSSR count). The highest BCUT2D eigenvalue weighted by Gasteiger charge is 2.44. The van der Waals surface area contributed by atoms with E-state index in [9.17, 15) is 9.59 Å². The second kappa shape index (κ2) is 8.46. The number of hydrogen-bond donors (Lipinski definition) is 0. The predicted octanol–water partition coefficient (Wildman–Crippen LogP) is 4.13. The summed E-state index contributed by atoms with van der Waals surface area (Å²) in [6.45, 7) is 2.26. The molecule has 3 aliphatic rings. The summed E-state index contributed by atoms with van der Waals surface area (Å²) in [5, 5.41) is 4.53. The number of carbonyl (C=O) groups excluding carboxylic acids is 2. The van der Waals surface area contributed by atoms with E-state index in [1.807, 2.05) is 41.2 Å². The number of fused-ring (bicyclic) bond motifs is 1. The fraction of sp³-hybridized carbons (Fsp3) is 0.542. The average Bonchev–Trinajstić information content (AvgIpc) is 3.23. The number of benzene rings is 1. The number of rotatable bonds is 3. The first-order valence-electron chi connectivity index (χ1n) is 11.3. The van der Waals surface area contributed by atoms with Gasteiger partial charge in [0, 0.05) is 31.7 Å². The Kier molecular flexibility index (Phi) is 5.52. The molecule has 1 aromatic heterocycles. The van der Waals surface area contributed by atoms with Crippen LogP contribution in [0.3, 0.4) is 0 Å². The van der Waals surface area contributed by atoms with Gasteiger partial charge in [-0.1, -0.05) is 30.3 Å². The highest BCUT2D eigenvalue weighted by molar-refractivity contribution is 5.97. The van der Waals surface area contributed by atoms with Crippen molar-refractivity contribution in [3.63, 3.8) is 0 Å². The quantitative estimate of drug-likeness (QED) is 0.742. The van der Waals surface area contributed by atoms with Crippen molar-refractivity contribution in [1.82, 2.24) is 14.7 Å². The van der Waals surface area contributed by atoms with E-state index in [1.165, 1.54) is 0 Å². The van der Waals surface area contributed by atoms with Crippen molar-refractivity contribution in [2.75, 3.05) is 19.7 Å². The SMILES string of the molecule is O=C1CC2(CCN(C(=O)OCc3ccccc3)CC2)Cc2cnn(C3CCCCO3)c21. The molecular weight excluding hydrogens is 394 g/mol. The van der Waals surface area contributed by atoms with Crippen LogP contribution < -0.4 is 0 Å². The molecule has 1 unspecified atom stereocenters. The molecule has 2 aliphatic heterocycles. The molecule has 1 spiro atoms. The van der Waals surface area contributed by atoms with Gasteiger partial charge >= 0.3 is 6.09 Å². The van der Waals surface area contributed by atoms with Crippen LogP contribution in [0.5, 0.6) is 0 Å². The van der Waals surface area contributed by atoms with Gasteiger partial charge in [-0.15, -0.1) is 0 Å². The van der Waals surface area contributed by atoms with Crippen LogP contribution in [-0.4, -0.2) is 46.3 Å². The van der Waals surface area contributed by atoms with Crippen LogP contribution in [0.25, 0.3) is 0 Å². The van der Waals surface area contributed by atoms with Gasteiger partial charge in [0.05, 0.1) is 6.20 Å². The van der Waals surface area contributed by atoms with Crippen LogP contribution >= 0.6 is 0 Å². The molecule has 0 N–H and O–H groups in total. The molecule has 2 fully saturated rings. The lowest BCUT2D eigenvalue weighted by Gasteiger charge is -2.43. The molecule has 0 radical (unpaired) electrons. The molecule has 7 heteroatoms. The Morgan fingerprint density at radius 3 is 2.71 bits per heavy atom. The van der Waals surface area contributed by atoms with Crippen molar-refractivity contribution >= 4 is 11.9 Å². The molecule has 1 aliphatic carbocycles. The van der Waals surface area contributed by atoms with Gasteiger partial charge in [-0.05, 0) is 49.5 Å². The number of likely N-dealkylation sites (tertiary alicyclic amines) is 1. The summed E-state index contributed by atoms with van der Waals surface area (Å²) in [5.41, 5.74) is 2.67. The molecule has 0 bridgehead atoms. The third kappa shape index (κ3) is 4.11. The minimum atomic E-state index is -0.274. The van der Waals surface area contributed by atoms with E-state index in [-0.39, 0.29) is 30.1 Å². The van der Waals surface area contributed by atoms with Gasteiger partial charge in [0.1, 0.15) is 12.3 Å². The Hall–Kier alpha value is -2.67. The van der Waals surface area contributed by atoms with Gasteiger partial charge in [-0.2, -0.15) is 5.10 Å². The maximum absolute atomic E-state index is 13.1. The van der Waals surface area contributed by atoms with Crippen molar-refractivity contribution in [3.8, 4) is 0 Å². The van der Waals surface area contributed by atoms with Crippen LogP contribution in [0.15, 0.2) is 36.5 Å². The number of ether oxygens (including phenoxy) is 2. The normalized spacial score (nSPS) is 22.9.